The Morgan fingerprint density at radius 3 is 2.95 bits per heavy atom. The zero-order chi connectivity index (χ0) is 13.4. The number of imidazole rings is 1. The lowest BCUT2D eigenvalue weighted by Crippen LogP contribution is -1.98. The molecule has 1 aromatic carbocycles. The highest BCUT2D eigenvalue weighted by atomic mass is 79.9. The van der Waals surface area contributed by atoms with E-state index in [1.807, 2.05) is 18.2 Å². The van der Waals surface area contributed by atoms with Crippen LogP contribution in [0.3, 0.4) is 0 Å². The molecule has 3 rings (SSSR count). The molecule has 0 aliphatic rings. The van der Waals surface area contributed by atoms with Crippen LogP contribution < -0.4 is 4.74 Å². The van der Waals surface area contributed by atoms with Crippen LogP contribution in [0.25, 0.3) is 11.0 Å². The number of hydrogen-bond donors (Lipinski definition) is 1. The molecular weight excluding hydrogens is 344 g/mol. The number of rotatable bonds is 3. The van der Waals surface area contributed by atoms with Gasteiger partial charge >= 0.3 is 0 Å². The second kappa shape index (κ2) is 5.11. The van der Waals surface area contributed by atoms with E-state index in [0.717, 1.165) is 32.6 Å². The van der Waals surface area contributed by atoms with Gasteiger partial charge in [0.2, 0.25) is 0 Å². The highest BCUT2D eigenvalue weighted by Crippen LogP contribution is 2.26. The standard InChI is InChI=1S/C13H11BrN2OS2/c1-17-8-2-3-10-11(6-8)16(13(18)15-10)7-12-9(14)4-5-19-12/h2-6H,7H2,1H3,(H,15,18). The van der Waals surface area contributed by atoms with Gasteiger partial charge in [-0.25, -0.2) is 0 Å². The number of nitrogens with zero attached hydrogens (tertiary/aromatic N) is 1. The van der Waals surface area contributed by atoms with Crippen molar-refractivity contribution in [2.24, 2.45) is 0 Å². The van der Waals surface area contributed by atoms with E-state index in [1.54, 1.807) is 18.4 Å². The fourth-order valence-electron chi connectivity index (χ4n) is 2.00. The lowest BCUT2D eigenvalue weighted by molar-refractivity contribution is 0.415. The van der Waals surface area contributed by atoms with E-state index in [-0.39, 0.29) is 0 Å². The van der Waals surface area contributed by atoms with Crippen LogP contribution in [0.2, 0.25) is 0 Å². The largest absolute Gasteiger partial charge is 0.497 e. The molecule has 98 valence electrons. The minimum atomic E-state index is 0.726. The molecular formula is C13H11BrN2OS2. The first-order valence-corrected chi connectivity index (χ1v) is 7.75. The molecule has 0 amide bonds. The molecule has 3 nitrogen and oxygen atoms in total. The minimum absolute atomic E-state index is 0.726. The number of methoxy groups -OCH3 is 1. The molecule has 6 heteroatoms. The Kier molecular flexibility index (Phi) is 3.47. The average molecular weight is 355 g/mol. The number of halogens is 1. The predicted octanol–water partition coefficient (Wildman–Crippen LogP) is 4.58. The molecule has 0 saturated heterocycles. The van der Waals surface area contributed by atoms with E-state index in [2.05, 4.69) is 36.9 Å². The molecule has 19 heavy (non-hydrogen) atoms. The van der Waals surface area contributed by atoms with Crippen LogP contribution in [0.1, 0.15) is 4.88 Å². The number of aromatic amines is 1. The summed E-state index contributed by atoms with van der Waals surface area (Å²) in [6.45, 7) is 0.754. The van der Waals surface area contributed by atoms with Gasteiger partial charge in [-0.05, 0) is 51.7 Å². The molecule has 0 aliphatic heterocycles. The Morgan fingerprint density at radius 1 is 1.42 bits per heavy atom. The Balaban J connectivity index is 2.14. The lowest BCUT2D eigenvalue weighted by Gasteiger charge is -2.05. The first-order chi connectivity index (χ1) is 9.19. The second-order valence-electron chi connectivity index (χ2n) is 4.09. The number of fused-ring (bicyclic) bond motifs is 1. The molecule has 0 unspecified atom stereocenters. The first kappa shape index (κ1) is 12.9. The molecule has 0 spiro atoms. The SMILES string of the molecule is COc1ccc2[nH]c(=S)n(Cc3sccc3Br)c2c1. The van der Waals surface area contributed by atoms with Gasteiger partial charge in [-0.15, -0.1) is 11.3 Å². The summed E-state index contributed by atoms with van der Waals surface area (Å²) >= 11 is 10.7. The molecule has 0 aliphatic carbocycles. The van der Waals surface area contributed by atoms with Crippen LogP contribution in [0.5, 0.6) is 5.75 Å². The van der Waals surface area contributed by atoms with Crippen LogP contribution in [-0.4, -0.2) is 16.7 Å². The van der Waals surface area contributed by atoms with Crippen LogP contribution in [-0.2, 0) is 6.54 Å². The average Bonchev–Trinajstić information content (AvgIpc) is 2.94. The van der Waals surface area contributed by atoms with Crippen molar-refractivity contribution in [2.75, 3.05) is 7.11 Å². The van der Waals surface area contributed by atoms with Crippen LogP contribution in [0.4, 0.5) is 0 Å². The number of benzene rings is 1. The van der Waals surface area contributed by atoms with Gasteiger partial charge in [0.1, 0.15) is 5.75 Å². The van der Waals surface area contributed by atoms with Gasteiger partial charge in [0.25, 0.3) is 0 Å². The molecule has 0 radical (unpaired) electrons. The third-order valence-electron chi connectivity index (χ3n) is 2.98. The zero-order valence-corrected chi connectivity index (χ0v) is 13.4. The summed E-state index contributed by atoms with van der Waals surface area (Å²) in [5.41, 5.74) is 2.09. The van der Waals surface area contributed by atoms with E-state index >= 15 is 0 Å². The van der Waals surface area contributed by atoms with Gasteiger partial charge in [-0.1, -0.05) is 0 Å². The molecule has 2 heterocycles. The van der Waals surface area contributed by atoms with Crippen LogP contribution >= 0.6 is 39.5 Å². The van der Waals surface area contributed by atoms with E-state index in [4.69, 9.17) is 17.0 Å². The van der Waals surface area contributed by atoms with Crippen molar-refractivity contribution in [3.63, 3.8) is 0 Å². The maximum Gasteiger partial charge on any atom is 0.178 e. The summed E-state index contributed by atoms with van der Waals surface area (Å²) in [5, 5.41) is 2.07. The van der Waals surface area contributed by atoms with Crippen molar-refractivity contribution in [1.82, 2.24) is 9.55 Å². The van der Waals surface area contributed by atoms with Gasteiger partial charge < -0.3 is 14.3 Å². The molecule has 1 N–H and O–H groups in total. The van der Waals surface area contributed by atoms with Gasteiger partial charge in [0, 0.05) is 15.4 Å². The minimum Gasteiger partial charge on any atom is -0.497 e. The summed E-state index contributed by atoms with van der Waals surface area (Å²) < 4.78 is 9.21. The number of thiophene rings is 1. The molecule has 0 atom stereocenters. The topological polar surface area (TPSA) is 29.9 Å². The second-order valence-corrected chi connectivity index (χ2v) is 6.33. The van der Waals surface area contributed by atoms with E-state index < -0.39 is 0 Å². The van der Waals surface area contributed by atoms with Crippen molar-refractivity contribution in [3.05, 3.63) is 43.8 Å². The highest BCUT2D eigenvalue weighted by Gasteiger charge is 2.09. The predicted molar refractivity (Wildman–Crippen MR) is 84.8 cm³/mol. The Morgan fingerprint density at radius 2 is 2.26 bits per heavy atom. The van der Waals surface area contributed by atoms with E-state index in [0.29, 0.717) is 0 Å². The first-order valence-electron chi connectivity index (χ1n) is 5.67. The molecule has 0 bridgehead atoms. The van der Waals surface area contributed by atoms with Gasteiger partial charge in [-0.3, -0.25) is 0 Å². The molecule has 3 aromatic rings. The Hall–Kier alpha value is -1.11. The van der Waals surface area contributed by atoms with Gasteiger partial charge in [0.05, 0.1) is 24.7 Å². The van der Waals surface area contributed by atoms with Crippen molar-refractivity contribution in [2.45, 2.75) is 6.54 Å². The van der Waals surface area contributed by atoms with Gasteiger partial charge in [0.15, 0.2) is 4.77 Å². The number of hydrogen-bond acceptors (Lipinski definition) is 3. The summed E-state index contributed by atoms with van der Waals surface area (Å²) in [5.74, 6) is 0.834. The number of ether oxygens (including phenoxy) is 1. The molecule has 0 saturated carbocycles. The number of nitrogens with one attached hydrogen (secondary N) is 1. The lowest BCUT2D eigenvalue weighted by atomic mass is 10.3. The summed E-state index contributed by atoms with van der Waals surface area (Å²) in [6, 6.07) is 7.98. The van der Waals surface area contributed by atoms with Gasteiger partial charge in [-0.2, -0.15) is 0 Å². The van der Waals surface area contributed by atoms with E-state index in [9.17, 15) is 0 Å². The fourth-order valence-corrected chi connectivity index (χ4v) is 3.74. The maximum absolute atomic E-state index is 5.40. The highest BCUT2D eigenvalue weighted by molar-refractivity contribution is 9.10. The van der Waals surface area contributed by atoms with Crippen molar-refractivity contribution >= 4 is 50.5 Å². The third kappa shape index (κ3) is 2.35. The summed E-state index contributed by atoms with van der Waals surface area (Å²) in [6.07, 6.45) is 0. The van der Waals surface area contributed by atoms with Crippen molar-refractivity contribution in [1.29, 1.82) is 0 Å². The molecule has 0 fully saturated rings. The third-order valence-corrected chi connectivity index (χ3v) is 5.21. The maximum atomic E-state index is 5.40. The van der Waals surface area contributed by atoms with Crippen molar-refractivity contribution < 1.29 is 4.74 Å². The normalized spacial score (nSPS) is 11.1. The van der Waals surface area contributed by atoms with Crippen LogP contribution in [0, 0.1) is 4.77 Å². The zero-order valence-electron chi connectivity index (χ0n) is 10.1. The monoisotopic (exact) mass is 354 g/mol. The number of aromatic nitrogens is 2. The number of H-pyrrole nitrogens is 1. The molecule has 2 aromatic heterocycles. The Labute approximate surface area is 128 Å². The van der Waals surface area contributed by atoms with Crippen LogP contribution in [0.15, 0.2) is 34.1 Å². The summed E-state index contributed by atoms with van der Waals surface area (Å²) in [7, 11) is 1.67. The fraction of sp³-hybridized carbons (Fsp3) is 0.154. The quantitative estimate of drug-likeness (QED) is 0.697. The Bertz CT molecular complexity index is 787. The smallest absolute Gasteiger partial charge is 0.178 e. The summed E-state index contributed by atoms with van der Waals surface area (Å²) in [4.78, 5) is 4.47. The van der Waals surface area contributed by atoms with Crippen molar-refractivity contribution in [3.8, 4) is 5.75 Å². The van der Waals surface area contributed by atoms with E-state index in [1.165, 1.54) is 4.88 Å².